The number of amides is 1. The highest BCUT2D eigenvalue weighted by atomic mass is 16.5. The summed E-state index contributed by atoms with van der Waals surface area (Å²) in [4.78, 5) is 31.4. The number of hydrogen-bond donors (Lipinski definition) is 2. The monoisotopic (exact) mass is 349 g/mol. The van der Waals surface area contributed by atoms with Crippen LogP contribution in [0, 0.1) is 0 Å². The number of H-pyrrole nitrogens is 1. The van der Waals surface area contributed by atoms with Gasteiger partial charge in [-0.25, -0.2) is 9.78 Å². The number of carbonyl (C=O) groups is 1. The largest absolute Gasteiger partial charge is 0.494 e. The SMILES string of the molecule is CCOc1cc(OC[C@H]2COCCN2C(=O)O)c2c(=O)[nH]cnc2c1. The second-order valence-electron chi connectivity index (χ2n) is 5.50. The first-order chi connectivity index (χ1) is 12.1. The van der Waals surface area contributed by atoms with Gasteiger partial charge < -0.3 is 24.3 Å². The lowest BCUT2D eigenvalue weighted by Gasteiger charge is -2.33. The summed E-state index contributed by atoms with van der Waals surface area (Å²) in [7, 11) is 0. The van der Waals surface area contributed by atoms with Gasteiger partial charge in [-0.15, -0.1) is 0 Å². The van der Waals surface area contributed by atoms with Crippen LogP contribution in [0.4, 0.5) is 4.79 Å². The van der Waals surface area contributed by atoms with Crippen LogP contribution in [0.5, 0.6) is 11.5 Å². The van der Waals surface area contributed by atoms with E-state index in [0.717, 1.165) is 0 Å². The molecule has 0 radical (unpaired) electrons. The van der Waals surface area contributed by atoms with Crippen LogP contribution in [0.2, 0.25) is 0 Å². The van der Waals surface area contributed by atoms with Gasteiger partial charge in [0.05, 0.1) is 37.7 Å². The summed E-state index contributed by atoms with van der Waals surface area (Å²) in [5.41, 5.74) is 0.109. The van der Waals surface area contributed by atoms with Gasteiger partial charge in [0.1, 0.15) is 23.5 Å². The highest BCUT2D eigenvalue weighted by Crippen LogP contribution is 2.28. The molecule has 1 aliphatic heterocycles. The third-order valence-corrected chi connectivity index (χ3v) is 3.90. The van der Waals surface area contributed by atoms with E-state index >= 15 is 0 Å². The number of hydrogen-bond acceptors (Lipinski definition) is 6. The van der Waals surface area contributed by atoms with E-state index in [4.69, 9.17) is 14.2 Å². The molecule has 9 nitrogen and oxygen atoms in total. The van der Waals surface area contributed by atoms with Gasteiger partial charge in [-0.1, -0.05) is 0 Å². The molecule has 0 unspecified atom stereocenters. The van der Waals surface area contributed by atoms with Crippen molar-refractivity contribution in [3.8, 4) is 11.5 Å². The Morgan fingerprint density at radius 1 is 1.48 bits per heavy atom. The number of aromatic nitrogens is 2. The minimum Gasteiger partial charge on any atom is -0.494 e. The fourth-order valence-corrected chi connectivity index (χ4v) is 2.73. The van der Waals surface area contributed by atoms with Crippen molar-refractivity contribution < 1.29 is 24.1 Å². The summed E-state index contributed by atoms with van der Waals surface area (Å²) in [6.07, 6.45) is 0.287. The third kappa shape index (κ3) is 3.66. The van der Waals surface area contributed by atoms with Crippen LogP contribution in [-0.2, 0) is 4.74 Å². The van der Waals surface area contributed by atoms with Crippen molar-refractivity contribution >= 4 is 17.0 Å². The molecule has 9 heteroatoms. The Labute approximate surface area is 143 Å². The first-order valence-corrected chi connectivity index (χ1v) is 7.94. The number of fused-ring (bicyclic) bond motifs is 1. The van der Waals surface area contributed by atoms with E-state index in [-0.39, 0.29) is 25.3 Å². The molecular formula is C16H19N3O6. The van der Waals surface area contributed by atoms with Gasteiger partial charge in [0.2, 0.25) is 0 Å². The molecule has 3 rings (SSSR count). The Kier molecular flexibility index (Phi) is 5.03. The van der Waals surface area contributed by atoms with E-state index in [9.17, 15) is 14.7 Å². The molecule has 1 fully saturated rings. The van der Waals surface area contributed by atoms with Crippen LogP contribution in [0.3, 0.4) is 0 Å². The van der Waals surface area contributed by atoms with Gasteiger partial charge in [0, 0.05) is 18.7 Å². The molecule has 0 saturated carbocycles. The smallest absolute Gasteiger partial charge is 0.407 e. The van der Waals surface area contributed by atoms with E-state index in [1.54, 1.807) is 12.1 Å². The lowest BCUT2D eigenvalue weighted by atomic mass is 10.2. The van der Waals surface area contributed by atoms with Gasteiger partial charge in [0.25, 0.3) is 5.56 Å². The molecule has 1 atom stereocenters. The molecule has 1 aromatic carbocycles. The van der Waals surface area contributed by atoms with Gasteiger partial charge in [0.15, 0.2) is 0 Å². The summed E-state index contributed by atoms with van der Waals surface area (Å²) >= 11 is 0. The molecule has 2 aromatic rings. The molecule has 0 spiro atoms. The van der Waals surface area contributed by atoms with Crippen LogP contribution in [0.1, 0.15) is 6.92 Å². The maximum Gasteiger partial charge on any atom is 0.407 e. The van der Waals surface area contributed by atoms with Crippen LogP contribution in [0.25, 0.3) is 10.9 Å². The van der Waals surface area contributed by atoms with Crippen molar-refractivity contribution in [3.63, 3.8) is 0 Å². The molecule has 2 N–H and O–H groups in total. The summed E-state index contributed by atoms with van der Waals surface area (Å²) in [6, 6.07) is 2.82. The second kappa shape index (κ2) is 7.39. The quantitative estimate of drug-likeness (QED) is 0.830. The van der Waals surface area contributed by atoms with E-state index in [2.05, 4.69) is 9.97 Å². The summed E-state index contributed by atoms with van der Waals surface area (Å²) in [5, 5.41) is 9.56. The highest BCUT2D eigenvalue weighted by Gasteiger charge is 2.28. The lowest BCUT2D eigenvalue weighted by molar-refractivity contribution is -0.0146. The van der Waals surface area contributed by atoms with Crippen molar-refractivity contribution in [1.29, 1.82) is 0 Å². The summed E-state index contributed by atoms with van der Waals surface area (Å²) < 4.78 is 16.6. The second-order valence-corrected chi connectivity index (χ2v) is 5.50. The topological polar surface area (TPSA) is 114 Å². The molecule has 1 amide bonds. The Morgan fingerprint density at radius 2 is 2.32 bits per heavy atom. The van der Waals surface area contributed by atoms with Crippen molar-refractivity contribution in [2.45, 2.75) is 13.0 Å². The normalized spacial score (nSPS) is 17.5. The molecule has 1 aromatic heterocycles. The van der Waals surface area contributed by atoms with Crippen LogP contribution in [-0.4, -0.2) is 65.1 Å². The molecule has 25 heavy (non-hydrogen) atoms. The lowest BCUT2D eigenvalue weighted by Crippen LogP contribution is -2.50. The maximum atomic E-state index is 12.1. The third-order valence-electron chi connectivity index (χ3n) is 3.90. The molecule has 0 bridgehead atoms. The average molecular weight is 349 g/mol. The number of morpholine rings is 1. The van der Waals surface area contributed by atoms with Crippen LogP contribution >= 0.6 is 0 Å². The Hall–Kier alpha value is -2.81. The van der Waals surface area contributed by atoms with Gasteiger partial charge in [-0.05, 0) is 6.92 Å². The predicted octanol–water partition coefficient (Wildman–Crippen LogP) is 1.08. The molecule has 134 valence electrons. The Morgan fingerprint density at radius 3 is 3.08 bits per heavy atom. The summed E-state index contributed by atoms with van der Waals surface area (Å²) in [6.45, 7) is 3.24. The van der Waals surface area contributed by atoms with Gasteiger partial charge in [-0.2, -0.15) is 0 Å². The number of nitrogens with one attached hydrogen (secondary N) is 1. The minimum atomic E-state index is -1.02. The van der Waals surface area contributed by atoms with E-state index in [1.165, 1.54) is 11.2 Å². The maximum absolute atomic E-state index is 12.1. The average Bonchev–Trinajstić information content (AvgIpc) is 2.60. The van der Waals surface area contributed by atoms with Gasteiger partial charge in [-0.3, -0.25) is 9.69 Å². The number of nitrogens with zero attached hydrogens (tertiary/aromatic N) is 2. The molecule has 1 aliphatic rings. The molecular weight excluding hydrogens is 330 g/mol. The van der Waals surface area contributed by atoms with Crippen molar-refractivity contribution in [2.75, 3.05) is 33.0 Å². The number of carboxylic acid groups (broad SMARTS) is 1. The first kappa shape index (κ1) is 17.0. The Balaban J connectivity index is 1.89. The zero-order chi connectivity index (χ0) is 17.8. The highest BCUT2D eigenvalue weighted by molar-refractivity contribution is 5.85. The fraction of sp³-hybridized carbons (Fsp3) is 0.438. The van der Waals surface area contributed by atoms with E-state index < -0.39 is 12.1 Å². The minimum absolute atomic E-state index is 0.0608. The van der Waals surface area contributed by atoms with Crippen LogP contribution < -0.4 is 15.0 Å². The standard InChI is InChI=1S/C16H19N3O6/c1-2-24-11-5-12-14(15(20)18-9-17-12)13(6-11)25-8-10-7-23-4-3-19(10)16(21)22/h5-6,9-10H,2-4,7-8H2,1H3,(H,21,22)(H,17,18,20)/t10-/m1/s1. The number of rotatable bonds is 5. The number of benzene rings is 1. The molecule has 0 aliphatic carbocycles. The molecule has 1 saturated heterocycles. The van der Waals surface area contributed by atoms with Crippen molar-refractivity contribution in [3.05, 3.63) is 28.8 Å². The van der Waals surface area contributed by atoms with Gasteiger partial charge >= 0.3 is 6.09 Å². The Bertz CT molecular complexity index is 821. The van der Waals surface area contributed by atoms with Crippen molar-refractivity contribution in [2.24, 2.45) is 0 Å². The molecule has 2 heterocycles. The summed E-state index contributed by atoms with van der Waals surface area (Å²) in [5.74, 6) is 0.823. The predicted molar refractivity (Wildman–Crippen MR) is 88.4 cm³/mol. The zero-order valence-corrected chi connectivity index (χ0v) is 13.7. The van der Waals surface area contributed by atoms with E-state index in [0.29, 0.717) is 35.6 Å². The first-order valence-electron chi connectivity index (χ1n) is 7.94. The van der Waals surface area contributed by atoms with E-state index in [1.807, 2.05) is 6.92 Å². The fourth-order valence-electron chi connectivity index (χ4n) is 2.73. The van der Waals surface area contributed by atoms with Crippen molar-refractivity contribution in [1.82, 2.24) is 14.9 Å². The zero-order valence-electron chi connectivity index (χ0n) is 13.7. The number of aromatic amines is 1. The van der Waals surface area contributed by atoms with Crippen LogP contribution in [0.15, 0.2) is 23.3 Å². The number of ether oxygens (including phenoxy) is 3.